The minimum Gasteiger partial charge on any atom is -0.497 e. The van der Waals surface area contributed by atoms with Crippen LogP contribution in [0.15, 0.2) is 24.3 Å². The van der Waals surface area contributed by atoms with Crippen LogP contribution in [0.4, 0.5) is 11.8 Å². The summed E-state index contributed by atoms with van der Waals surface area (Å²) in [6, 6.07) is 7.77. The van der Waals surface area contributed by atoms with Crippen LogP contribution in [0.3, 0.4) is 0 Å². The molecule has 1 aromatic carbocycles. The summed E-state index contributed by atoms with van der Waals surface area (Å²) >= 11 is 0. The van der Waals surface area contributed by atoms with E-state index < -0.39 is 0 Å². The average molecular weight is 450 g/mol. The van der Waals surface area contributed by atoms with Gasteiger partial charge in [0.05, 0.1) is 25.8 Å². The van der Waals surface area contributed by atoms with E-state index in [0.717, 1.165) is 79.4 Å². The van der Waals surface area contributed by atoms with E-state index in [-0.39, 0.29) is 5.91 Å². The standard InChI is InChI=1S/C26H35N5O2/c1-19-9-14-29(15-10-19)25-22-18-31(24(32)17-20-5-7-21(33-2)8-6-20)16-11-23(22)27-26(28-25)30-12-3-4-13-30/h5-8,19H,3-4,9-18H2,1-2H3. The molecule has 0 N–H and O–H groups in total. The average Bonchev–Trinajstić information content (AvgIpc) is 3.39. The number of hydrogen-bond donors (Lipinski definition) is 0. The van der Waals surface area contributed by atoms with E-state index in [1.165, 1.54) is 25.7 Å². The number of methoxy groups -OCH3 is 1. The number of aromatic nitrogens is 2. The quantitative estimate of drug-likeness (QED) is 0.697. The molecule has 1 amide bonds. The van der Waals surface area contributed by atoms with Crippen molar-refractivity contribution in [1.82, 2.24) is 14.9 Å². The summed E-state index contributed by atoms with van der Waals surface area (Å²) in [6.45, 7) is 7.81. The van der Waals surface area contributed by atoms with Gasteiger partial charge < -0.3 is 19.4 Å². The van der Waals surface area contributed by atoms with Crippen LogP contribution in [-0.4, -0.2) is 60.6 Å². The lowest BCUT2D eigenvalue weighted by atomic mass is 9.98. The minimum atomic E-state index is 0.160. The fourth-order valence-electron chi connectivity index (χ4n) is 5.17. The molecule has 0 radical (unpaired) electrons. The zero-order valence-electron chi connectivity index (χ0n) is 19.9. The number of fused-ring (bicyclic) bond motifs is 1. The molecule has 3 aliphatic rings. The Kier molecular flexibility index (Phi) is 6.38. The van der Waals surface area contributed by atoms with Crippen molar-refractivity contribution in [1.29, 1.82) is 0 Å². The highest BCUT2D eigenvalue weighted by Gasteiger charge is 2.30. The first-order valence-electron chi connectivity index (χ1n) is 12.4. The Hall–Kier alpha value is -2.83. The van der Waals surface area contributed by atoms with Crippen molar-refractivity contribution in [3.63, 3.8) is 0 Å². The largest absolute Gasteiger partial charge is 0.497 e. The van der Waals surface area contributed by atoms with Crippen molar-refractivity contribution in [3.8, 4) is 5.75 Å². The number of anilines is 2. The van der Waals surface area contributed by atoms with Gasteiger partial charge in [0.15, 0.2) is 0 Å². The van der Waals surface area contributed by atoms with Gasteiger partial charge in [-0.25, -0.2) is 4.98 Å². The van der Waals surface area contributed by atoms with Gasteiger partial charge in [-0.3, -0.25) is 4.79 Å². The SMILES string of the molecule is COc1ccc(CC(=O)N2CCc3nc(N4CCCC4)nc(N4CCC(C)CC4)c3C2)cc1. The van der Waals surface area contributed by atoms with E-state index in [9.17, 15) is 4.79 Å². The molecule has 4 heterocycles. The molecule has 33 heavy (non-hydrogen) atoms. The first-order valence-corrected chi connectivity index (χ1v) is 12.4. The van der Waals surface area contributed by atoms with E-state index in [2.05, 4.69) is 16.7 Å². The Morgan fingerprint density at radius 3 is 2.42 bits per heavy atom. The van der Waals surface area contributed by atoms with E-state index in [4.69, 9.17) is 14.7 Å². The van der Waals surface area contributed by atoms with Crippen molar-refractivity contribution in [2.24, 2.45) is 5.92 Å². The normalized spacial score (nSPS) is 19.0. The van der Waals surface area contributed by atoms with Crippen LogP contribution in [0.1, 0.15) is 49.4 Å². The maximum Gasteiger partial charge on any atom is 0.227 e. The summed E-state index contributed by atoms with van der Waals surface area (Å²) in [6.07, 6.45) is 6.01. The van der Waals surface area contributed by atoms with Gasteiger partial charge >= 0.3 is 0 Å². The van der Waals surface area contributed by atoms with Crippen molar-refractivity contribution >= 4 is 17.7 Å². The second kappa shape index (κ2) is 9.57. The highest BCUT2D eigenvalue weighted by atomic mass is 16.5. The fraction of sp³-hybridized carbons (Fsp3) is 0.577. The zero-order valence-corrected chi connectivity index (χ0v) is 19.9. The number of piperidine rings is 1. The first-order chi connectivity index (χ1) is 16.1. The van der Waals surface area contributed by atoms with Gasteiger partial charge in [-0.2, -0.15) is 4.98 Å². The third-order valence-electron chi connectivity index (χ3n) is 7.37. The third-order valence-corrected chi connectivity index (χ3v) is 7.37. The van der Waals surface area contributed by atoms with Gasteiger partial charge in [-0.15, -0.1) is 0 Å². The van der Waals surface area contributed by atoms with Gasteiger partial charge in [-0.1, -0.05) is 19.1 Å². The number of rotatable bonds is 5. The van der Waals surface area contributed by atoms with Crippen LogP contribution in [0.5, 0.6) is 5.75 Å². The number of nitrogens with zero attached hydrogens (tertiary/aromatic N) is 5. The van der Waals surface area contributed by atoms with Crippen LogP contribution >= 0.6 is 0 Å². The van der Waals surface area contributed by atoms with Crippen LogP contribution in [0.25, 0.3) is 0 Å². The topological polar surface area (TPSA) is 61.8 Å². The summed E-state index contributed by atoms with van der Waals surface area (Å²) in [4.78, 5) is 30.0. The number of benzene rings is 1. The predicted molar refractivity (Wildman–Crippen MR) is 130 cm³/mol. The smallest absolute Gasteiger partial charge is 0.227 e. The molecule has 1 aromatic heterocycles. The monoisotopic (exact) mass is 449 g/mol. The van der Waals surface area contributed by atoms with Crippen molar-refractivity contribution in [2.75, 3.05) is 49.6 Å². The molecule has 2 aromatic rings. The molecule has 7 nitrogen and oxygen atoms in total. The van der Waals surface area contributed by atoms with Gasteiger partial charge in [0.25, 0.3) is 0 Å². The van der Waals surface area contributed by atoms with Crippen LogP contribution < -0.4 is 14.5 Å². The lowest BCUT2D eigenvalue weighted by Gasteiger charge is -2.36. The summed E-state index contributed by atoms with van der Waals surface area (Å²) in [7, 11) is 1.66. The Balaban J connectivity index is 1.38. The molecular formula is C26H35N5O2. The molecule has 176 valence electrons. The molecule has 0 bridgehead atoms. The molecule has 5 rings (SSSR count). The molecule has 0 atom stereocenters. The number of hydrogen-bond acceptors (Lipinski definition) is 6. The number of carbonyl (C=O) groups excluding carboxylic acids is 1. The molecule has 2 fully saturated rings. The summed E-state index contributed by atoms with van der Waals surface area (Å²) < 4.78 is 5.24. The maximum absolute atomic E-state index is 13.2. The molecule has 0 spiro atoms. The molecule has 3 aliphatic heterocycles. The van der Waals surface area contributed by atoms with Crippen molar-refractivity contribution in [2.45, 2.75) is 52.0 Å². The maximum atomic E-state index is 13.2. The minimum absolute atomic E-state index is 0.160. The van der Waals surface area contributed by atoms with E-state index in [1.807, 2.05) is 29.2 Å². The van der Waals surface area contributed by atoms with Crippen LogP contribution in [0, 0.1) is 5.92 Å². The number of carbonyl (C=O) groups is 1. The van der Waals surface area contributed by atoms with E-state index in [0.29, 0.717) is 13.0 Å². The fourth-order valence-corrected chi connectivity index (χ4v) is 5.17. The first kappa shape index (κ1) is 22.0. The van der Waals surface area contributed by atoms with Gasteiger partial charge in [0.2, 0.25) is 11.9 Å². The highest BCUT2D eigenvalue weighted by molar-refractivity contribution is 5.79. The van der Waals surface area contributed by atoms with E-state index >= 15 is 0 Å². The van der Waals surface area contributed by atoms with Crippen LogP contribution in [0.2, 0.25) is 0 Å². The van der Waals surface area contributed by atoms with Gasteiger partial charge in [-0.05, 0) is 49.3 Å². The van der Waals surface area contributed by atoms with Crippen molar-refractivity contribution in [3.05, 3.63) is 41.1 Å². The van der Waals surface area contributed by atoms with Gasteiger partial charge in [0.1, 0.15) is 11.6 Å². The lowest BCUT2D eigenvalue weighted by molar-refractivity contribution is -0.131. The zero-order chi connectivity index (χ0) is 22.8. The lowest BCUT2D eigenvalue weighted by Crippen LogP contribution is -2.40. The summed E-state index contributed by atoms with van der Waals surface area (Å²) in [5.41, 5.74) is 3.30. The number of ether oxygens (including phenoxy) is 1. The summed E-state index contributed by atoms with van der Waals surface area (Å²) in [5, 5.41) is 0. The second-order valence-corrected chi connectivity index (χ2v) is 9.73. The molecule has 0 unspecified atom stereocenters. The molecule has 7 heteroatoms. The molecular weight excluding hydrogens is 414 g/mol. The Morgan fingerprint density at radius 1 is 1.00 bits per heavy atom. The number of amides is 1. The Bertz CT molecular complexity index is 979. The third kappa shape index (κ3) is 4.77. The Morgan fingerprint density at radius 2 is 1.73 bits per heavy atom. The Labute approximate surface area is 196 Å². The highest BCUT2D eigenvalue weighted by Crippen LogP contribution is 2.32. The molecule has 0 aliphatic carbocycles. The van der Waals surface area contributed by atoms with E-state index in [1.54, 1.807) is 7.11 Å². The second-order valence-electron chi connectivity index (χ2n) is 9.73. The molecule has 2 saturated heterocycles. The molecule has 0 saturated carbocycles. The summed E-state index contributed by atoms with van der Waals surface area (Å²) in [5.74, 6) is 3.69. The van der Waals surface area contributed by atoms with Gasteiger partial charge in [0, 0.05) is 44.7 Å². The van der Waals surface area contributed by atoms with Crippen LogP contribution in [-0.2, 0) is 24.2 Å². The van der Waals surface area contributed by atoms with Crippen molar-refractivity contribution < 1.29 is 9.53 Å². The predicted octanol–water partition coefficient (Wildman–Crippen LogP) is 3.45.